The zero-order valence-corrected chi connectivity index (χ0v) is 9.78. The maximum Gasteiger partial charge on any atom is 0.195 e. The first-order valence-electron chi connectivity index (χ1n) is 5.46. The Labute approximate surface area is 94.5 Å². The smallest absolute Gasteiger partial charge is 0.195 e. The molecular formula is C13H15NO2. The predicted molar refractivity (Wildman–Crippen MR) is 62.6 cm³/mol. The number of Topliss-reactive ketones (excluding diaryl/α,β-unsaturated/α-hetero) is 1. The summed E-state index contributed by atoms with van der Waals surface area (Å²) in [5.41, 5.74) is 2.20. The van der Waals surface area contributed by atoms with Crippen molar-refractivity contribution in [2.45, 2.75) is 27.2 Å². The zero-order chi connectivity index (χ0) is 11.7. The number of carbonyl (C=O) groups excluding carboxylic acids is 1. The molecule has 0 radical (unpaired) electrons. The van der Waals surface area contributed by atoms with Gasteiger partial charge in [-0.2, -0.15) is 0 Å². The molecule has 2 aromatic rings. The number of hydrogen-bond acceptors (Lipinski definition) is 3. The van der Waals surface area contributed by atoms with E-state index in [0.29, 0.717) is 11.5 Å². The molecular weight excluding hydrogens is 202 g/mol. The van der Waals surface area contributed by atoms with Gasteiger partial charge in [0.1, 0.15) is 5.52 Å². The van der Waals surface area contributed by atoms with E-state index >= 15 is 0 Å². The third-order valence-electron chi connectivity index (χ3n) is 2.42. The molecule has 0 aliphatic carbocycles. The van der Waals surface area contributed by atoms with E-state index in [0.717, 1.165) is 23.4 Å². The molecule has 16 heavy (non-hydrogen) atoms. The summed E-state index contributed by atoms with van der Waals surface area (Å²) in [6, 6.07) is 5.36. The average Bonchev–Trinajstić information content (AvgIpc) is 2.56. The van der Waals surface area contributed by atoms with E-state index in [4.69, 9.17) is 4.42 Å². The number of ketones is 1. The standard InChI is InChI=1S/C13H15NO2/c1-8(2)6-13-14-11-7-10(9(3)15)4-5-12(11)16-13/h4-5,7-8H,6H2,1-3H3. The molecule has 0 aliphatic rings. The van der Waals surface area contributed by atoms with E-state index < -0.39 is 0 Å². The van der Waals surface area contributed by atoms with E-state index in [2.05, 4.69) is 18.8 Å². The highest BCUT2D eigenvalue weighted by molar-refractivity contribution is 5.96. The summed E-state index contributed by atoms with van der Waals surface area (Å²) in [6.07, 6.45) is 0.823. The van der Waals surface area contributed by atoms with Gasteiger partial charge in [-0.1, -0.05) is 13.8 Å². The molecule has 0 N–H and O–H groups in total. The Balaban J connectivity index is 2.42. The van der Waals surface area contributed by atoms with Crippen LogP contribution in [-0.4, -0.2) is 10.8 Å². The lowest BCUT2D eigenvalue weighted by atomic mass is 10.1. The number of hydrogen-bond donors (Lipinski definition) is 0. The summed E-state index contributed by atoms with van der Waals surface area (Å²) in [5.74, 6) is 1.31. The molecule has 3 nitrogen and oxygen atoms in total. The van der Waals surface area contributed by atoms with E-state index in [9.17, 15) is 4.79 Å². The summed E-state index contributed by atoms with van der Waals surface area (Å²) in [4.78, 5) is 15.6. The van der Waals surface area contributed by atoms with Crippen LogP contribution in [0.15, 0.2) is 22.6 Å². The second-order valence-corrected chi connectivity index (χ2v) is 4.44. The molecule has 0 amide bonds. The van der Waals surface area contributed by atoms with E-state index in [1.165, 1.54) is 0 Å². The molecule has 0 saturated carbocycles. The Morgan fingerprint density at radius 3 is 2.81 bits per heavy atom. The highest BCUT2D eigenvalue weighted by atomic mass is 16.3. The predicted octanol–water partition coefficient (Wildman–Crippen LogP) is 3.23. The molecule has 0 aliphatic heterocycles. The Hall–Kier alpha value is -1.64. The molecule has 1 aromatic heterocycles. The van der Waals surface area contributed by atoms with Crippen molar-refractivity contribution in [1.82, 2.24) is 4.98 Å². The molecule has 1 aromatic carbocycles. The number of benzene rings is 1. The first kappa shape index (κ1) is 10.9. The van der Waals surface area contributed by atoms with Gasteiger partial charge in [-0.15, -0.1) is 0 Å². The summed E-state index contributed by atoms with van der Waals surface area (Å²) in [7, 11) is 0. The van der Waals surface area contributed by atoms with Crippen molar-refractivity contribution in [3.8, 4) is 0 Å². The largest absolute Gasteiger partial charge is 0.441 e. The van der Waals surface area contributed by atoms with Crippen LogP contribution in [0.3, 0.4) is 0 Å². The van der Waals surface area contributed by atoms with Gasteiger partial charge < -0.3 is 4.42 Å². The Bertz CT molecular complexity index is 526. The number of oxazole rings is 1. The van der Waals surface area contributed by atoms with Crippen LogP contribution < -0.4 is 0 Å². The Kier molecular flexibility index (Phi) is 2.77. The fraction of sp³-hybridized carbons (Fsp3) is 0.385. The van der Waals surface area contributed by atoms with Crippen LogP contribution in [0.1, 0.15) is 37.0 Å². The fourth-order valence-corrected chi connectivity index (χ4v) is 1.63. The second-order valence-electron chi connectivity index (χ2n) is 4.44. The number of aromatic nitrogens is 1. The second kappa shape index (κ2) is 4.08. The topological polar surface area (TPSA) is 43.1 Å². The minimum atomic E-state index is 0.0512. The van der Waals surface area contributed by atoms with Crippen molar-refractivity contribution in [1.29, 1.82) is 0 Å². The number of rotatable bonds is 3. The van der Waals surface area contributed by atoms with Crippen molar-refractivity contribution in [3.63, 3.8) is 0 Å². The van der Waals surface area contributed by atoms with Crippen LogP contribution >= 0.6 is 0 Å². The maximum absolute atomic E-state index is 11.2. The van der Waals surface area contributed by atoms with Crippen LogP contribution in [0.5, 0.6) is 0 Å². The van der Waals surface area contributed by atoms with Gasteiger partial charge in [-0.25, -0.2) is 4.98 Å². The third-order valence-corrected chi connectivity index (χ3v) is 2.42. The summed E-state index contributed by atoms with van der Waals surface area (Å²) >= 11 is 0. The maximum atomic E-state index is 11.2. The van der Waals surface area contributed by atoms with Gasteiger partial charge in [-0.3, -0.25) is 4.79 Å². The van der Waals surface area contributed by atoms with Gasteiger partial charge in [-0.05, 0) is 31.0 Å². The normalized spacial score (nSPS) is 11.2. The lowest BCUT2D eigenvalue weighted by Gasteiger charge is -1.96. The number of carbonyl (C=O) groups is 1. The third kappa shape index (κ3) is 2.13. The molecule has 1 heterocycles. The van der Waals surface area contributed by atoms with Crippen LogP contribution in [-0.2, 0) is 6.42 Å². The molecule has 0 bridgehead atoms. The van der Waals surface area contributed by atoms with Gasteiger partial charge in [0, 0.05) is 12.0 Å². The van der Waals surface area contributed by atoms with Crippen LogP contribution in [0, 0.1) is 5.92 Å². The summed E-state index contributed by atoms with van der Waals surface area (Å²) in [5, 5.41) is 0. The van der Waals surface area contributed by atoms with Gasteiger partial charge in [0.15, 0.2) is 17.3 Å². The quantitative estimate of drug-likeness (QED) is 0.741. The highest BCUT2D eigenvalue weighted by Gasteiger charge is 2.09. The molecule has 2 rings (SSSR count). The van der Waals surface area contributed by atoms with Crippen molar-refractivity contribution in [3.05, 3.63) is 29.7 Å². The van der Waals surface area contributed by atoms with Crippen molar-refractivity contribution < 1.29 is 9.21 Å². The average molecular weight is 217 g/mol. The summed E-state index contributed by atoms with van der Waals surface area (Å²) < 4.78 is 5.59. The Morgan fingerprint density at radius 2 is 2.19 bits per heavy atom. The van der Waals surface area contributed by atoms with Gasteiger partial charge in [0.05, 0.1) is 0 Å². The Morgan fingerprint density at radius 1 is 1.44 bits per heavy atom. The van der Waals surface area contributed by atoms with Gasteiger partial charge >= 0.3 is 0 Å². The molecule has 0 spiro atoms. The first-order valence-corrected chi connectivity index (χ1v) is 5.46. The minimum absolute atomic E-state index is 0.0512. The van der Waals surface area contributed by atoms with Crippen molar-refractivity contribution in [2.75, 3.05) is 0 Å². The van der Waals surface area contributed by atoms with Gasteiger partial charge in [0.25, 0.3) is 0 Å². The fourth-order valence-electron chi connectivity index (χ4n) is 1.63. The zero-order valence-electron chi connectivity index (χ0n) is 9.78. The van der Waals surface area contributed by atoms with Crippen molar-refractivity contribution >= 4 is 16.9 Å². The van der Waals surface area contributed by atoms with Crippen LogP contribution in [0.4, 0.5) is 0 Å². The van der Waals surface area contributed by atoms with Crippen LogP contribution in [0.25, 0.3) is 11.1 Å². The molecule has 0 fully saturated rings. The lowest BCUT2D eigenvalue weighted by Crippen LogP contribution is -1.93. The van der Waals surface area contributed by atoms with Crippen molar-refractivity contribution in [2.24, 2.45) is 5.92 Å². The summed E-state index contributed by atoms with van der Waals surface area (Å²) in [6.45, 7) is 5.79. The number of fused-ring (bicyclic) bond motifs is 1. The van der Waals surface area contributed by atoms with Crippen LogP contribution in [0.2, 0.25) is 0 Å². The lowest BCUT2D eigenvalue weighted by molar-refractivity contribution is 0.101. The monoisotopic (exact) mass is 217 g/mol. The SMILES string of the molecule is CC(=O)c1ccc2oc(CC(C)C)nc2c1. The first-order chi connectivity index (χ1) is 7.56. The molecule has 0 unspecified atom stereocenters. The molecule has 0 saturated heterocycles. The number of nitrogens with zero attached hydrogens (tertiary/aromatic N) is 1. The minimum Gasteiger partial charge on any atom is -0.441 e. The van der Waals surface area contributed by atoms with E-state index in [1.54, 1.807) is 19.1 Å². The molecule has 0 atom stereocenters. The molecule has 3 heteroatoms. The van der Waals surface area contributed by atoms with E-state index in [1.807, 2.05) is 6.07 Å². The molecule has 84 valence electrons. The highest BCUT2D eigenvalue weighted by Crippen LogP contribution is 2.19. The van der Waals surface area contributed by atoms with E-state index in [-0.39, 0.29) is 5.78 Å². The van der Waals surface area contributed by atoms with Gasteiger partial charge in [0.2, 0.25) is 0 Å².